The molecular formula is C30H39O4P. The van der Waals surface area contributed by atoms with Crippen molar-refractivity contribution in [2.45, 2.75) is 79.8 Å². The van der Waals surface area contributed by atoms with Gasteiger partial charge in [0.2, 0.25) is 0 Å². The van der Waals surface area contributed by atoms with Crippen LogP contribution in [0.1, 0.15) is 55.4 Å². The highest BCUT2D eigenvalue weighted by Gasteiger charge is 2.28. The second-order valence-corrected chi connectivity index (χ2v) is 11.7. The summed E-state index contributed by atoms with van der Waals surface area (Å²) in [6, 6.07) is 23.0. The van der Waals surface area contributed by atoms with E-state index in [1.807, 2.05) is 73.6 Å². The molecule has 3 aromatic carbocycles. The second kappa shape index (κ2) is 12.3. The molecule has 4 nitrogen and oxygen atoms in total. The Morgan fingerprint density at radius 3 is 1.23 bits per heavy atom. The lowest BCUT2D eigenvalue weighted by Crippen LogP contribution is -2.27. The summed E-state index contributed by atoms with van der Waals surface area (Å²) in [6.45, 7) is 16.3. The molecule has 3 aromatic rings. The van der Waals surface area contributed by atoms with Gasteiger partial charge in [-0.25, -0.2) is 0 Å². The standard InChI is InChI=1S/C30H39O4P/c1-20(2)31-25-16-12-18-27(29(25)33-22(5)6)35(24-14-10-9-11-15-24)28-19-13-17-26(32-21(3)4)30(28)34-23(7)8/h9-23H,1-8H3. The Labute approximate surface area is 212 Å². The van der Waals surface area contributed by atoms with E-state index in [0.717, 1.165) is 33.6 Å². The van der Waals surface area contributed by atoms with Gasteiger partial charge in [0.25, 0.3) is 0 Å². The molecule has 0 fully saturated rings. The first-order valence-electron chi connectivity index (χ1n) is 12.4. The lowest BCUT2D eigenvalue weighted by molar-refractivity contribution is 0.200. The predicted octanol–water partition coefficient (Wildman–Crippen LogP) is 6.59. The number of rotatable bonds is 11. The first kappa shape index (κ1) is 26.9. The van der Waals surface area contributed by atoms with Crippen molar-refractivity contribution in [1.82, 2.24) is 0 Å². The summed E-state index contributed by atoms with van der Waals surface area (Å²) in [5.74, 6) is 3.10. The maximum atomic E-state index is 6.44. The molecule has 0 amide bonds. The van der Waals surface area contributed by atoms with Crippen LogP contribution in [0.25, 0.3) is 0 Å². The average molecular weight is 495 g/mol. The summed E-state index contributed by atoms with van der Waals surface area (Å²) < 4.78 is 25.3. The van der Waals surface area contributed by atoms with E-state index in [4.69, 9.17) is 18.9 Å². The van der Waals surface area contributed by atoms with Crippen LogP contribution >= 0.6 is 7.92 Å². The molecule has 35 heavy (non-hydrogen) atoms. The van der Waals surface area contributed by atoms with Gasteiger partial charge < -0.3 is 18.9 Å². The second-order valence-electron chi connectivity index (χ2n) is 9.55. The minimum atomic E-state index is -1.04. The molecule has 0 atom stereocenters. The molecule has 0 heterocycles. The van der Waals surface area contributed by atoms with Crippen LogP contribution in [-0.4, -0.2) is 24.4 Å². The Morgan fingerprint density at radius 2 is 0.857 bits per heavy atom. The topological polar surface area (TPSA) is 36.9 Å². The van der Waals surface area contributed by atoms with E-state index in [1.54, 1.807) is 0 Å². The number of hydrogen-bond donors (Lipinski definition) is 0. The van der Waals surface area contributed by atoms with Crippen LogP contribution in [0.2, 0.25) is 0 Å². The van der Waals surface area contributed by atoms with Crippen LogP contribution < -0.4 is 34.9 Å². The Morgan fingerprint density at radius 1 is 0.457 bits per heavy atom. The Kier molecular flexibility index (Phi) is 9.46. The van der Waals surface area contributed by atoms with Gasteiger partial charge in [-0.15, -0.1) is 0 Å². The molecule has 0 bridgehead atoms. The number of ether oxygens (including phenoxy) is 4. The summed E-state index contributed by atoms with van der Waals surface area (Å²) in [5.41, 5.74) is 0. The third-order valence-corrected chi connectivity index (χ3v) is 7.33. The van der Waals surface area contributed by atoms with Gasteiger partial charge in [-0.2, -0.15) is 0 Å². The minimum Gasteiger partial charge on any atom is -0.487 e. The molecule has 0 aliphatic heterocycles. The minimum absolute atomic E-state index is 0.000258. The Hall–Kier alpha value is -2.71. The van der Waals surface area contributed by atoms with Gasteiger partial charge in [0.1, 0.15) is 0 Å². The quantitative estimate of drug-likeness (QED) is 0.282. The first-order valence-corrected chi connectivity index (χ1v) is 13.8. The highest BCUT2D eigenvalue weighted by Crippen LogP contribution is 2.45. The fourth-order valence-electron chi connectivity index (χ4n) is 3.75. The Bertz CT molecular complexity index is 1010. The van der Waals surface area contributed by atoms with E-state index in [0.29, 0.717) is 0 Å². The summed E-state index contributed by atoms with van der Waals surface area (Å²) in [7, 11) is -1.04. The van der Waals surface area contributed by atoms with E-state index >= 15 is 0 Å². The van der Waals surface area contributed by atoms with E-state index in [2.05, 4.69) is 48.5 Å². The van der Waals surface area contributed by atoms with Crippen molar-refractivity contribution in [3.8, 4) is 23.0 Å². The molecule has 0 saturated carbocycles. The maximum absolute atomic E-state index is 6.44. The third-order valence-electron chi connectivity index (χ3n) is 4.84. The molecule has 3 rings (SSSR count). The summed E-state index contributed by atoms with van der Waals surface area (Å²) >= 11 is 0. The molecule has 0 spiro atoms. The summed E-state index contributed by atoms with van der Waals surface area (Å²) in [4.78, 5) is 0. The van der Waals surface area contributed by atoms with Crippen LogP contribution in [0.5, 0.6) is 23.0 Å². The van der Waals surface area contributed by atoms with Crippen LogP contribution in [0.15, 0.2) is 66.7 Å². The van der Waals surface area contributed by atoms with Crippen molar-refractivity contribution in [2.24, 2.45) is 0 Å². The van der Waals surface area contributed by atoms with E-state index in [-0.39, 0.29) is 24.4 Å². The SMILES string of the molecule is CC(C)Oc1cccc(P(c2ccccc2)c2cccc(OC(C)C)c2OC(C)C)c1OC(C)C. The molecule has 0 saturated heterocycles. The van der Waals surface area contributed by atoms with Gasteiger partial charge in [-0.05, 0) is 92.9 Å². The van der Waals surface area contributed by atoms with E-state index < -0.39 is 7.92 Å². The van der Waals surface area contributed by atoms with Crippen LogP contribution in [-0.2, 0) is 0 Å². The summed E-state index contributed by atoms with van der Waals surface area (Å²) in [6.07, 6.45) is 0.0659. The van der Waals surface area contributed by atoms with Gasteiger partial charge in [0.05, 0.1) is 24.4 Å². The van der Waals surface area contributed by atoms with Crippen molar-refractivity contribution >= 4 is 23.8 Å². The zero-order valence-electron chi connectivity index (χ0n) is 22.2. The maximum Gasteiger partial charge on any atom is 0.169 e. The molecular weight excluding hydrogens is 455 g/mol. The normalized spacial score (nSPS) is 11.6. The molecule has 188 valence electrons. The highest BCUT2D eigenvalue weighted by molar-refractivity contribution is 7.80. The molecule has 0 radical (unpaired) electrons. The van der Waals surface area contributed by atoms with Gasteiger partial charge in [-0.3, -0.25) is 0 Å². The number of para-hydroxylation sites is 2. The first-order chi connectivity index (χ1) is 16.7. The lowest BCUT2D eigenvalue weighted by Gasteiger charge is -2.28. The number of benzene rings is 3. The van der Waals surface area contributed by atoms with Gasteiger partial charge in [0.15, 0.2) is 23.0 Å². The zero-order chi connectivity index (χ0) is 25.5. The molecule has 0 aromatic heterocycles. The van der Waals surface area contributed by atoms with Crippen LogP contribution in [0, 0.1) is 0 Å². The highest BCUT2D eigenvalue weighted by atomic mass is 31.1. The fourth-order valence-corrected chi connectivity index (χ4v) is 6.24. The Balaban J connectivity index is 2.32. The summed E-state index contributed by atoms with van der Waals surface area (Å²) in [5, 5.41) is 3.38. The predicted molar refractivity (Wildman–Crippen MR) is 148 cm³/mol. The zero-order valence-corrected chi connectivity index (χ0v) is 23.1. The van der Waals surface area contributed by atoms with Crippen molar-refractivity contribution in [3.05, 3.63) is 66.7 Å². The third kappa shape index (κ3) is 7.15. The van der Waals surface area contributed by atoms with Crippen molar-refractivity contribution in [2.75, 3.05) is 0 Å². The number of hydrogen-bond acceptors (Lipinski definition) is 4. The van der Waals surface area contributed by atoms with Crippen LogP contribution in [0.3, 0.4) is 0 Å². The van der Waals surface area contributed by atoms with Gasteiger partial charge in [0, 0.05) is 10.6 Å². The van der Waals surface area contributed by atoms with Crippen LogP contribution in [0.4, 0.5) is 0 Å². The smallest absolute Gasteiger partial charge is 0.169 e. The fraction of sp³-hybridized carbons (Fsp3) is 0.400. The van der Waals surface area contributed by atoms with Gasteiger partial charge >= 0.3 is 0 Å². The molecule has 0 unspecified atom stereocenters. The van der Waals surface area contributed by atoms with E-state index in [1.165, 1.54) is 5.30 Å². The van der Waals surface area contributed by atoms with Crippen molar-refractivity contribution < 1.29 is 18.9 Å². The van der Waals surface area contributed by atoms with Crippen molar-refractivity contribution in [1.29, 1.82) is 0 Å². The largest absolute Gasteiger partial charge is 0.487 e. The van der Waals surface area contributed by atoms with E-state index in [9.17, 15) is 0 Å². The molecule has 5 heteroatoms. The van der Waals surface area contributed by atoms with Crippen molar-refractivity contribution in [3.63, 3.8) is 0 Å². The average Bonchev–Trinajstić information content (AvgIpc) is 2.77. The monoisotopic (exact) mass is 494 g/mol. The molecule has 0 aliphatic rings. The van der Waals surface area contributed by atoms with Gasteiger partial charge in [-0.1, -0.05) is 42.5 Å². The molecule has 0 N–H and O–H groups in total. The lowest BCUT2D eigenvalue weighted by atomic mass is 10.3. The molecule has 0 aliphatic carbocycles.